The van der Waals surface area contributed by atoms with Crippen LogP contribution in [0, 0.1) is 0 Å². The van der Waals surface area contributed by atoms with Crippen molar-refractivity contribution in [1.82, 2.24) is 0 Å². The van der Waals surface area contributed by atoms with Crippen LogP contribution in [-0.4, -0.2) is 103 Å². The zero-order valence-electron chi connectivity index (χ0n) is 14.4. The molecule has 0 aliphatic heterocycles. The van der Waals surface area contributed by atoms with Crippen molar-refractivity contribution < 1.29 is 59.9 Å². The molecule has 158 valence electrons. The lowest BCUT2D eigenvalue weighted by Crippen LogP contribution is -2.42. The van der Waals surface area contributed by atoms with Gasteiger partial charge in [-0.15, -0.1) is 0 Å². The van der Waals surface area contributed by atoms with Gasteiger partial charge in [0.2, 0.25) is 12.6 Å². The van der Waals surface area contributed by atoms with Crippen LogP contribution in [0.25, 0.3) is 0 Å². The zero-order chi connectivity index (χ0) is 21.4. The number of carbonyl (C=O) groups is 2. The molecule has 0 fully saturated rings. The third-order valence-electron chi connectivity index (χ3n) is 3.57. The number of hydrogen-bond donors (Lipinski definition) is 8. The molecular weight excluding hydrogens is 384 g/mol. The summed E-state index contributed by atoms with van der Waals surface area (Å²) >= 11 is 0. The van der Waals surface area contributed by atoms with Crippen molar-refractivity contribution in [2.75, 3.05) is 13.2 Å². The Morgan fingerprint density at radius 2 is 1.04 bits per heavy atom. The van der Waals surface area contributed by atoms with E-state index in [0.717, 1.165) is 12.1 Å². The lowest BCUT2D eigenvalue weighted by molar-refractivity contribution is -0.168. The van der Waals surface area contributed by atoms with E-state index in [0.29, 0.717) is 0 Å². The van der Waals surface area contributed by atoms with Gasteiger partial charge in [-0.05, 0) is 12.1 Å². The Balaban J connectivity index is 2.91. The van der Waals surface area contributed by atoms with E-state index in [1.54, 1.807) is 0 Å². The first-order chi connectivity index (χ1) is 13.1. The van der Waals surface area contributed by atoms with Gasteiger partial charge in [0.15, 0.2) is 0 Å². The molecule has 2 unspecified atom stereocenters. The molecule has 8 N–H and O–H groups in total. The SMILES string of the molecule is O=C(OC(O)[C@@H](O)[C@@H](O)CO)c1ccccc1C(=O)OC(O)[C@@H](O)[C@@H](O)CO. The van der Waals surface area contributed by atoms with E-state index >= 15 is 0 Å². The fourth-order valence-corrected chi connectivity index (χ4v) is 1.92. The largest absolute Gasteiger partial charge is 0.429 e. The number of carbonyl (C=O) groups excluding carboxylic acids is 2. The molecule has 6 atom stereocenters. The van der Waals surface area contributed by atoms with Crippen LogP contribution in [0.4, 0.5) is 0 Å². The number of benzene rings is 1. The number of aliphatic hydroxyl groups is 8. The Labute approximate surface area is 158 Å². The smallest absolute Gasteiger partial charge is 0.341 e. The molecule has 0 amide bonds. The molecule has 1 aromatic rings. The standard InChI is InChI=1S/C16H22O12/c17-5-9(19)11(21)15(25)27-13(23)7-3-1-2-4-8(7)14(24)28-16(26)12(22)10(20)6-18/h1-4,9-12,15-22,25-26H,5-6H2/t9-,10-,11-,12-,15?,16?/m0/s1. The second-order valence-electron chi connectivity index (χ2n) is 5.62. The molecule has 0 heterocycles. The highest BCUT2D eigenvalue weighted by Gasteiger charge is 2.31. The summed E-state index contributed by atoms with van der Waals surface area (Å²) < 4.78 is 9.05. The van der Waals surface area contributed by atoms with E-state index in [1.165, 1.54) is 12.1 Å². The van der Waals surface area contributed by atoms with Gasteiger partial charge >= 0.3 is 11.9 Å². The summed E-state index contributed by atoms with van der Waals surface area (Å²) in [5.41, 5.74) is -0.914. The highest BCUT2D eigenvalue weighted by molar-refractivity contribution is 6.03. The summed E-state index contributed by atoms with van der Waals surface area (Å²) in [6.07, 6.45) is -12.1. The summed E-state index contributed by atoms with van der Waals surface area (Å²) in [5, 5.41) is 74.0. The highest BCUT2D eigenvalue weighted by Crippen LogP contribution is 2.15. The summed E-state index contributed by atoms with van der Waals surface area (Å²) in [7, 11) is 0. The quantitative estimate of drug-likeness (QED) is 0.138. The highest BCUT2D eigenvalue weighted by atomic mass is 16.7. The van der Waals surface area contributed by atoms with Crippen LogP contribution in [0.15, 0.2) is 24.3 Å². The van der Waals surface area contributed by atoms with E-state index in [2.05, 4.69) is 9.47 Å². The molecule has 12 heteroatoms. The Morgan fingerprint density at radius 3 is 1.32 bits per heavy atom. The molecule has 0 saturated carbocycles. The van der Waals surface area contributed by atoms with Gasteiger partial charge in [-0.3, -0.25) is 0 Å². The maximum atomic E-state index is 12.1. The van der Waals surface area contributed by atoms with Gasteiger partial charge in [0, 0.05) is 0 Å². The Bertz CT molecular complexity index is 595. The van der Waals surface area contributed by atoms with Crippen molar-refractivity contribution in [2.45, 2.75) is 37.0 Å². The first kappa shape index (κ1) is 23.9. The van der Waals surface area contributed by atoms with Crippen LogP contribution in [0.3, 0.4) is 0 Å². The van der Waals surface area contributed by atoms with Crippen LogP contribution in [0.2, 0.25) is 0 Å². The van der Waals surface area contributed by atoms with Crippen molar-refractivity contribution in [3.63, 3.8) is 0 Å². The average molecular weight is 406 g/mol. The van der Waals surface area contributed by atoms with E-state index in [-0.39, 0.29) is 0 Å². The van der Waals surface area contributed by atoms with Crippen LogP contribution >= 0.6 is 0 Å². The van der Waals surface area contributed by atoms with Crippen LogP contribution < -0.4 is 0 Å². The molecule has 0 spiro atoms. The summed E-state index contributed by atoms with van der Waals surface area (Å²) in [6, 6.07) is 4.82. The number of esters is 2. The second-order valence-corrected chi connectivity index (χ2v) is 5.62. The van der Waals surface area contributed by atoms with Crippen molar-refractivity contribution in [1.29, 1.82) is 0 Å². The lowest BCUT2D eigenvalue weighted by Gasteiger charge is -2.22. The van der Waals surface area contributed by atoms with Gasteiger partial charge in [0.25, 0.3) is 0 Å². The predicted molar refractivity (Wildman–Crippen MR) is 87.5 cm³/mol. The molecule has 28 heavy (non-hydrogen) atoms. The topological polar surface area (TPSA) is 214 Å². The summed E-state index contributed by atoms with van der Waals surface area (Å²) in [5.74, 6) is -2.62. The summed E-state index contributed by atoms with van der Waals surface area (Å²) in [4.78, 5) is 24.3. The lowest BCUT2D eigenvalue weighted by atomic mass is 10.1. The molecule has 0 radical (unpaired) electrons. The number of hydrogen-bond acceptors (Lipinski definition) is 12. The number of aliphatic hydroxyl groups excluding tert-OH is 8. The Kier molecular flexibility index (Phi) is 9.37. The van der Waals surface area contributed by atoms with Crippen molar-refractivity contribution >= 4 is 11.9 Å². The van der Waals surface area contributed by atoms with E-state index in [1.807, 2.05) is 0 Å². The van der Waals surface area contributed by atoms with Gasteiger partial charge in [0.05, 0.1) is 24.3 Å². The summed E-state index contributed by atoms with van der Waals surface area (Å²) in [6.45, 7) is -1.84. The molecule has 0 aromatic heterocycles. The van der Waals surface area contributed by atoms with E-state index in [4.69, 9.17) is 10.2 Å². The maximum absolute atomic E-state index is 12.1. The molecule has 12 nitrogen and oxygen atoms in total. The average Bonchev–Trinajstić information content (AvgIpc) is 2.70. The molecule has 0 saturated heterocycles. The fourth-order valence-electron chi connectivity index (χ4n) is 1.92. The third kappa shape index (κ3) is 6.19. The van der Waals surface area contributed by atoms with E-state index in [9.17, 15) is 40.2 Å². The van der Waals surface area contributed by atoms with Crippen molar-refractivity contribution in [3.05, 3.63) is 35.4 Å². The minimum Gasteiger partial charge on any atom is -0.429 e. The molecular formula is C16H22O12. The van der Waals surface area contributed by atoms with Crippen LogP contribution in [-0.2, 0) is 9.47 Å². The first-order valence-corrected chi connectivity index (χ1v) is 7.95. The van der Waals surface area contributed by atoms with Crippen molar-refractivity contribution in [2.24, 2.45) is 0 Å². The molecule has 1 rings (SSSR count). The van der Waals surface area contributed by atoms with Gasteiger partial charge in [-0.1, -0.05) is 12.1 Å². The number of rotatable bonds is 10. The van der Waals surface area contributed by atoms with Crippen molar-refractivity contribution in [3.8, 4) is 0 Å². The van der Waals surface area contributed by atoms with Gasteiger partial charge in [-0.25, -0.2) is 9.59 Å². The monoisotopic (exact) mass is 406 g/mol. The minimum atomic E-state index is -2.23. The van der Waals surface area contributed by atoms with Gasteiger partial charge < -0.3 is 50.3 Å². The maximum Gasteiger partial charge on any atom is 0.341 e. The van der Waals surface area contributed by atoms with Gasteiger partial charge in [0.1, 0.15) is 24.4 Å². The first-order valence-electron chi connectivity index (χ1n) is 7.95. The normalized spacial score (nSPS) is 17.7. The zero-order valence-corrected chi connectivity index (χ0v) is 14.4. The van der Waals surface area contributed by atoms with Gasteiger partial charge in [-0.2, -0.15) is 0 Å². The second kappa shape index (κ2) is 11.0. The number of ether oxygens (including phenoxy) is 2. The molecule has 0 aliphatic rings. The van der Waals surface area contributed by atoms with E-state index < -0.39 is 73.3 Å². The minimum absolute atomic E-state index is 0.457. The Morgan fingerprint density at radius 1 is 0.714 bits per heavy atom. The Hall–Kier alpha value is -2.16. The van der Waals surface area contributed by atoms with Crippen LogP contribution in [0.5, 0.6) is 0 Å². The molecule has 0 aliphatic carbocycles. The third-order valence-corrected chi connectivity index (χ3v) is 3.57. The fraction of sp³-hybridized carbons (Fsp3) is 0.500. The predicted octanol–water partition coefficient (Wildman–Crippen LogP) is -3.93. The van der Waals surface area contributed by atoms with Crippen LogP contribution in [0.1, 0.15) is 20.7 Å². The molecule has 1 aromatic carbocycles. The molecule has 0 bridgehead atoms.